The maximum absolute atomic E-state index is 13.4. The number of amides is 2. The average molecular weight is 538 g/mol. The molecule has 2 aromatic carbocycles. The third-order valence-electron chi connectivity index (χ3n) is 7.06. The van der Waals surface area contributed by atoms with Crippen LogP contribution < -0.4 is 10.2 Å². The van der Waals surface area contributed by atoms with Crippen molar-refractivity contribution in [3.05, 3.63) is 78.2 Å². The first-order chi connectivity index (χ1) is 18.3. The number of sulfone groups is 1. The summed E-state index contributed by atoms with van der Waals surface area (Å²) in [6, 6.07) is 15.8. The molecule has 2 aliphatic heterocycles. The Morgan fingerprint density at radius 2 is 1.74 bits per heavy atom. The Kier molecular flexibility index (Phi) is 7.37. The van der Waals surface area contributed by atoms with Gasteiger partial charge in [-0.1, -0.05) is 12.1 Å². The number of hydrogen-bond acceptors (Lipinski definition) is 7. The molecule has 38 heavy (non-hydrogen) atoms. The predicted octanol–water partition coefficient (Wildman–Crippen LogP) is 2.70. The van der Waals surface area contributed by atoms with Crippen LogP contribution in [0.3, 0.4) is 0 Å². The monoisotopic (exact) mass is 537 g/mol. The van der Waals surface area contributed by atoms with E-state index in [9.17, 15) is 22.4 Å². The minimum absolute atomic E-state index is 0.0849. The summed E-state index contributed by atoms with van der Waals surface area (Å²) < 4.78 is 39.8. The van der Waals surface area contributed by atoms with E-state index in [1.54, 1.807) is 41.4 Å². The summed E-state index contributed by atoms with van der Waals surface area (Å²) in [6.45, 7) is 1.75. The molecule has 0 unspecified atom stereocenters. The molecule has 0 aliphatic carbocycles. The molecule has 5 rings (SSSR count). The number of likely N-dealkylation sites (tertiary alicyclic amines) is 1. The number of halogens is 1. The summed E-state index contributed by atoms with van der Waals surface area (Å²) >= 11 is 0. The van der Waals surface area contributed by atoms with Gasteiger partial charge in [-0.3, -0.25) is 9.59 Å². The van der Waals surface area contributed by atoms with E-state index in [2.05, 4.69) is 15.5 Å². The third kappa shape index (κ3) is 5.67. The molecule has 2 amide bonds. The van der Waals surface area contributed by atoms with Crippen LogP contribution in [0.4, 0.5) is 15.9 Å². The van der Waals surface area contributed by atoms with Gasteiger partial charge in [-0.05, 0) is 66.9 Å². The Labute approximate surface area is 220 Å². The van der Waals surface area contributed by atoms with Gasteiger partial charge in [-0.15, -0.1) is 5.10 Å². The molecule has 2 saturated heterocycles. The molecule has 11 heteroatoms. The maximum atomic E-state index is 13.4. The standard InChI is InChI=1S/C27H28FN5O4S/c28-21-4-1-3-19(15-21)16-26(34)32-13-10-24(11-14-32)38(36,37)23-8-6-22(7-9-23)30-27(35)20-17-33(18-20)25-5-2-12-29-31-25/h1-9,12,15,20,24H,10-11,13-14,16-18H2,(H,30,35). The van der Waals surface area contributed by atoms with Crippen LogP contribution in [0, 0.1) is 11.7 Å². The van der Waals surface area contributed by atoms with E-state index in [1.807, 2.05) is 11.0 Å². The van der Waals surface area contributed by atoms with Crippen LogP contribution in [-0.4, -0.2) is 66.8 Å². The zero-order valence-electron chi connectivity index (χ0n) is 20.7. The fourth-order valence-corrected chi connectivity index (χ4v) is 6.54. The van der Waals surface area contributed by atoms with Gasteiger partial charge in [-0.25, -0.2) is 12.8 Å². The van der Waals surface area contributed by atoms with Crippen molar-refractivity contribution in [1.29, 1.82) is 0 Å². The van der Waals surface area contributed by atoms with Crippen LogP contribution in [0.25, 0.3) is 0 Å². The van der Waals surface area contributed by atoms with Crippen molar-refractivity contribution < 1.29 is 22.4 Å². The Bertz CT molecular complexity index is 1400. The molecule has 3 heterocycles. The number of nitrogens with zero attached hydrogens (tertiary/aromatic N) is 4. The summed E-state index contributed by atoms with van der Waals surface area (Å²) in [5.41, 5.74) is 1.13. The number of anilines is 2. The Balaban J connectivity index is 1.12. The van der Waals surface area contributed by atoms with E-state index < -0.39 is 20.9 Å². The first kappa shape index (κ1) is 25.8. The SMILES string of the molecule is O=C(Nc1ccc(S(=O)(=O)C2CCN(C(=O)Cc3cccc(F)c3)CC2)cc1)C1CN(c2cccnn2)C1. The number of benzene rings is 2. The molecule has 2 fully saturated rings. The summed E-state index contributed by atoms with van der Waals surface area (Å²) in [4.78, 5) is 29.0. The molecule has 0 radical (unpaired) electrons. The lowest BCUT2D eigenvalue weighted by atomic mass is 9.99. The largest absolute Gasteiger partial charge is 0.353 e. The van der Waals surface area contributed by atoms with Crippen molar-refractivity contribution in [3.63, 3.8) is 0 Å². The van der Waals surface area contributed by atoms with Crippen molar-refractivity contribution in [2.45, 2.75) is 29.4 Å². The van der Waals surface area contributed by atoms with E-state index in [4.69, 9.17) is 0 Å². The molecule has 1 N–H and O–H groups in total. The molecule has 9 nitrogen and oxygen atoms in total. The lowest BCUT2D eigenvalue weighted by Gasteiger charge is -2.38. The number of hydrogen-bond donors (Lipinski definition) is 1. The molecular formula is C27H28FN5O4S. The molecule has 0 saturated carbocycles. The minimum atomic E-state index is -3.59. The average Bonchev–Trinajstić information content (AvgIpc) is 2.89. The smallest absolute Gasteiger partial charge is 0.231 e. The third-order valence-corrected chi connectivity index (χ3v) is 9.34. The van der Waals surface area contributed by atoms with Crippen LogP contribution in [0.1, 0.15) is 18.4 Å². The summed E-state index contributed by atoms with van der Waals surface area (Å²) in [5.74, 6) is -0.116. The van der Waals surface area contributed by atoms with Gasteiger partial charge >= 0.3 is 0 Å². The van der Waals surface area contributed by atoms with Crippen LogP contribution in [0.5, 0.6) is 0 Å². The highest BCUT2D eigenvalue weighted by atomic mass is 32.2. The fraction of sp³-hybridized carbons (Fsp3) is 0.333. The summed E-state index contributed by atoms with van der Waals surface area (Å²) in [6.07, 6.45) is 2.35. The zero-order chi connectivity index (χ0) is 26.7. The molecule has 2 aliphatic rings. The van der Waals surface area contributed by atoms with Crippen molar-refractivity contribution >= 4 is 33.2 Å². The maximum Gasteiger partial charge on any atom is 0.231 e. The van der Waals surface area contributed by atoms with E-state index in [-0.39, 0.29) is 29.0 Å². The van der Waals surface area contributed by atoms with Gasteiger partial charge < -0.3 is 15.1 Å². The normalized spacial score (nSPS) is 16.7. The van der Waals surface area contributed by atoms with Crippen LogP contribution in [0.15, 0.2) is 71.8 Å². The van der Waals surface area contributed by atoms with Crippen LogP contribution >= 0.6 is 0 Å². The molecule has 198 valence electrons. The fourth-order valence-electron chi connectivity index (χ4n) is 4.81. The van der Waals surface area contributed by atoms with Gasteiger partial charge in [0, 0.05) is 38.1 Å². The van der Waals surface area contributed by atoms with Crippen LogP contribution in [-0.2, 0) is 25.8 Å². The van der Waals surface area contributed by atoms with Crippen molar-refractivity contribution in [2.75, 3.05) is 36.4 Å². The second-order valence-corrected chi connectivity index (χ2v) is 11.9. The highest BCUT2D eigenvalue weighted by Crippen LogP contribution is 2.27. The Hall–Kier alpha value is -3.86. The highest BCUT2D eigenvalue weighted by Gasteiger charge is 2.34. The van der Waals surface area contributed by atoms with Crippen molar-refractivity contribution in [2.24, 2.45) is 5.92 Å². The van der Waals surface area contributed by atoms with E-state index >= 15 is 0 Å². The van der Waals surface area contributed by atoms with Crippen molar-refractivity contribution in [1.82, 2.24) is 15.1 Å². The van der Waals surface area contributed by atoms with E-state index in [0.29, 0.717) is 50.3 Å². The number of rotatable bonds is 7. The number of carbonyl (C=O) groups is 2. The van der Waals surface area contributed by atoms with E-state index in [0.717, 1.165) is 5.82 Å². The predicted molar refractivity (Wildman–Crippen MR) is 140 cm³/mol. The van der Waals surface area contributed by atoms with Crippen molar-refractivity contribution in [3.8, 4) is 0 Å². The summed E-state index contributed by atoms with van der Waals surface area (Å²) in [7, 11) is -3.59. The van der Waals surface area contributed by atoms with Gasteiger partial charge in [0.2, 0.25) is 11.8 Å². The molecule has 3 aromatic rings. The molecule has 1 aromatic heterocycles. The highest BCUT2D eigenvalue weighted by molar-refractivity contribution is 7.92. The lowest BCUT2D eigenvalue weighted by Crippen LogP contribution is -2.52. The molecule has 0 bridgehead atoms. The molecule has 0 atom stereocenters. The number of aromatic nitrogens is 2. The number of piperidine rings is 1. The minimum Gasteiger partial charge on any atom is -0.353 e. The second-order valence-electron chi connectivity index (χ2n) is 9.63. The number of carbonyl (C=O) groups excluding carboxylic acids is 2. The van der Waals surface area contributed by atoms with Gasteiger partial charge in [0.25, 0.3) is 0 Å². The lowest BCUT2D eigenvalue weighted by molar-refractivity contribution is -0.131. The second kappa shape index (κ2) is 10.9. The Morgan fingerprint density at radius 3 is 2.39 bits per heavy atom. The van der Waals surface area contributed by atoms with Crippen LogP contribution in [0.2, 0.25) is 0 Å². The quantitative estimate of drug-likeness (QED) is 0.493. The first-order valence-corrected chi connectivity index (χ1v) is 14.0. The molecular weight excluding hydrogens is 509 g/mol. The zero-order valence-corrected chi connectivity index (χ0v) is 21.5. The molecule has 0 spiro atoms. The summed E-state index contributed by atoms with van der Waals surface area (Å²) in [5, 5.41) is 10.1. The van der Waals surface area contributed by atoms with Gasteiger partial charge in [-0.2, -0.15) is 5.10 Å². The van der Waals surface area contributed by atoms with Gasteiger partial charge in [0.05, 0.1) is 22.5 Å². The van der Waals surface area contributed by atoms with Gasteiger partial charge in [0.15, 0.2) is 15.7 Å². The van der Waals surface area contributed by atoms with E-state index in [1.165, 1.54) is 24.3 Å². The number of nitrogens with one attached hydrogen (secondary N) is 1. The first-order valence-electron chi connectivity index (χ1n) is 12.5. The van der Waals surface area contributed by atoms with Gasteiger partial charge in [0.1, 0.15) is 5.82 Å². The Morgan fingerprint density at radius 1 is 1.00 bits per heavy atom. The topological polar surface area (TPSA) is 113 Å².